The molecule has 1 saturated heterocycles. The monoisotopic (exact) mass is 270 g/mol. The van der Waals surface area contributed by atoms with Crippen molar-refractivity contribution in [1.82, 2.24) is 10.6 Å². The first kappa shape index (κ1) is 11.8. The third kappa shape index (κ3) is 3.16. The zero-order valence-electron chi connectivity index (χ0n) is 7.87. The smallest absolute Gasteiger partial charge is 0.318 e. The lowest BCUT2D eigenvalue weighted by molar-refractivity contribution is -0.130. The van der Waals surface area contributed by atoms with E-state index in [1.54, 1.807) is 6.92 Å². The van der Waals surface area contributed by atoms with Crippen LogP contribution >= 0.6 is 15.9 Å². The van der Waals surface area contributed by atoms with Crippen molar-refractivity contribution in [1.29, 1.82) is 0 Å². The Kier molecular flexibility index (Phi) is 3.47. The standard InChI is InChI=1S/C8H13BrF2N2O/c1-7(2-3-12-4-7)6(14)13-5-8(9,10)11/h12H,2-5H2,1H3,(H,13,14). The average molecular weight is 271 g/mol. The van der Waals surface area contributed by atoms with Crippen LogP contribution in [0.4, 0.5) is 8.78 Å². The van der Waals surface area contributed by atoms with Crippen molar-refractivity contribution in [2.75, 3.05) is 19.6 Å². The van der Waals surface area contributed by atoms with Gasteiger partial charge in [0.2, 0.25) is 5.91 Å². The summed E-state index contributed by atoms with van der Waals surface area (Å²) in [6, 6.07) is 0. The maximum absolute atomic E-state index is 12.4. The highest BCUT2D eigenvalue weighted by molar-refractivity contribution is 9.10. The summed E-state index contributed by atoms with van der Waals surface area (Å²) in [6.45, 7) is 2.41. The molecule has 1 fully saturated rings. The fourth-order valence-electron chi connectivity index (χ4n) is 1.40. The number of alkyl halides is 3. The summed E-state index contributed by atoms with van der Waals surface area (Å²) in [7, 11) is 0. The van der Waals surface area contributed by atoms with Gasteiger partial charge in [0.25, 0.3) is 0 Å². The molecule has 0 bridgehead atoms. The first-order valence-corrected chi connectivity index (χ1v) is 5.19. The van der Waals surface area contributed by atoms with Gasteiger partial charge >= 0.3 is 4.83 Å². The van der Waals surface area contributed by atoms with Crippen LogP contribution in [0.5, 0.6) is 0 Å². The molecule has 0 radical (unpaired) electrons. The van der Waals surface area contributed by atoms with Gasteiger partial charge < -0.3 is 10.6 Å². The van der Waals surface area contributed by atoms with E-state index in [0.717, 1.165) is 6.54 Å². The molecule has 1 atom stereocenters. The van der Waals surface area contributed by atoms with Crippen molar-refractivity contribution < 1.29 is 13.6 Å². The van der Waals surface area contributed by atoms with Gasteiger partial charge in [-0.25, -0.2) is 0 Å². The predicted octanol–water partition coefficient (Wildman–Crippen LogP) is 1.09. The van der Waals surface area contributed by atoms with Crippen LogP contribution in [0.2, 0.25) is 0 Å². The molecule has 1 amide bonds. The van der Waals surface area contributed by atoms with Crippen molar-refractivity contribution in [3.8, 4) is 0 Å². The Hall–Kier alpha value is -0.230. The third-order valence-electron chi connectivity index (χ3n) is 2.37. The number of hydrogen-bond donors (Lipinski definition) is 2. The van der Waals surface area contributed by atoms with Gasteiger partial charge in [0.05, 0.1) is 12.0 Å². The molecule has 0 spiro atoms. The number of nitrogens with one attached hydrogen (secondary N) is 2. The van der Waals surface area contributed by atoms with E-state index in [9.17, 15) is 13.6 Å². The molecule has 14 heavy (non-hydrogen) atoms. The van der Waals surface area contributed by atoms with Gasteiger partial charge in [-0.3, -0.25) is 4.79 Å². The Balaban J connectivity index is 2.42. The maximum atomic E-state index is 12.4. The average Bonchev–Trinajstić information content (AvgIpc) is 2.48. The molecular formula is C8H13BrF2N2O. The SMILES string of the molecule is CC1(C(=O)NCC(F)(F)Br)CCNC1. The van der Waals surface area contributed by atoms with Crippen LogP contribution < -0.4 is 10.6 Å². The van der Waals surface area contributed by atoms with E-state index < -0.39 is 16.8 Å². The molecule has 1 heterocycles. The van der Waals surface area contributed by atoms with Gasteiger partial charge in [-0.1, -0.05) is 0 Å². The molecule has 0 aromatic heterocycles. The van der Waals surface area contributed by atoms with Crippen LogP contribution in [-0.2, 0) is 4.79 Å². The van der Waals surface area contributed by atoms with E-state index in [-0.39, 0.29) is 5.91 Å². The van der Waals surface area contributed by atoms with Gasteiger partial charge in [0, 0.05) is 6.54 Å². The third-order valence-corrected chi connectivity index (χ3v) is 2.65. The first-order valence-electron chi connectivity index (χ1n) is 4.39. The molecule has 0 aliphatic carbocycles. The zero-order chi connectivity index (χ0) is 10.8. The van der Waals surface area contributed by atoms with Crippen molar-refractivity contribution in [3.63, 3.8) is 0 Å². The fraction of sp³-hybridized carbons (Fsp3) is 0.875. The summed E-state index contributed by atoms with van der Waals surface area (Å²) >= 11 is 2.17. The van der Waals surface area contributed by atoms with Crippen LogP contribution in [0, 0.1) is 5.41 Å². The Morgan fingerprint density at radius 2 is 2.36 bits per heavy atom. The topological polar surface area (TPSA) is 41.1 Å². The lowest BCUT2D eigenvalue weighted by Gasteiger charge is -2.22. The summed E-state index contributed by atoms with van der Waals surface area (Å²) < 4.78 is 24.8. The van der Waals surface area contributed by atoms with E-state index in [1.807, 2.05) is 0 Å². The van der Waals surface area contributed by atoms with Crippen molar-refractivity contribution in [3.05, 3.63) is 0 Å². The van der Waals surface area contributed by atoms with Crippen LogP contribution in [0.25, 0.3) is 0 Å². The second kappa shape index (κ2) is 4.10. The summed E-state index contributed by atoms with van der Waals surface area (Å²) in [5, 5.41) is 5.26. The van der Waals surface area contributed by atoms with Gasteiger partial charge in [-0.2, -0.15) is 8.78 Å². The predicted molar refractivity (Wildman–Crippen MR) is 52.5 cm³/mol. The minimum atomic E-state index is -3.02. The van der Waals surface area contributed by atoms with Gasteiger partial charge in [0.15, 0.2) is 0 Å². The largest absolute Gasteiger partial charge is 0.349 e. The second-order valence-electron chi connectivity index (χ2n) is 3.79. The van der Waals surface area contributed by atoms with Crippen molar-refractivity contribution in [2.45, 2.75) is 18.2 Å². The molecule has 1 rings (SSSR count). The van der Waals surface area contributed by atoms with Gasteiger partial charge in [-0.05, 0) is 35.8 Å². The molecular weight excluding hydrogens is 258 g/mol. The Labute approximate surface area is 89.7 Å². The quantitative estimate of drug-likeness (QED) is 0.754. The molecule has 1 unspecified atom stereocenters. The summed E-state index contributed by atoms with van der Waals surface area (Å²) in [5.41, 5.74) is -0.543. The molecule has 1 aliphatic heterocycles. The number of amides is 1. The minimum Gasteiger partial charge on any atom is -0.349 e. The van der Waals surface area contributed by atoms with Crippen molar-refractivity contribution >= 4 is 21.8 Å². The molecule has 0 aromatic carbocycles. The molecule has 3 nitrogen and oxygen atoms in total. The van der Waals surface area contributed by atoms with E-state index >= 15 is 0 Å². The number of halogens is 3. The first-order chi connectivity index (χ1) is 6.33. The van der Waals surface area contributed by atoms with Crippen LogP contribution in [0.1, 0.15) is 13.3 Å². The minimum absolute atomic E-state index is 0.318. The van der Waals surface area contributed by atoms with Crippen molar-refractivity contribution in [2.24, 2.45) is 5.41 Å². The van der Waals surface area contributed by atoms with Crippen LogP contribution in [0.3, 0.4) is 0 Å². The molecule has 82 valence electrons. The molecule has 0 saturated carbocycles. The highest BCUT2D eigenvalue weighted by atomic mass is 79.9. The Morgan fingerprint density at radius 3 is 2.79 bits per heavy atom. The van der Waals surface area contributed by atoms with Gasteiger partial charge in [-0.15, -0.1) is 0 Å². The molecule has 1 aliphatic rings. The molecule has 0 aromatic rings. The summed E-state index contributed by atoms with van der Waals surface area (Å²) in [5.74, 6) is -0.318. The van der Waals surface area contributed by atoms with E-state index in [1.165, 1.54) is 0 Å². The number of carbonyl (C=O) groups excluding carboxylic acids is 1. The fourth-order valence-corrected chi connectivity index (χ4v) is 1.54. The van der Waals surface area contributed by atoms with E-state index in [4.69, 9.17) is 0 Å². The second-order valence-corrected chi connectivity index (χ2v) is 4.95. The number of carbonyl (C=O) groups is 1. The summed E-state index contributed by atoms with van der Waals surface area (Å²) in [6.07, 6.45) is 0.687. The molecule has 6 heteroatoms. The van der Waals surface area contributed by atoms with Crippen LogP contribution in [-0.4, -0.2) is 30.4 Å². The van der Waals surface area contributed by atoms with Gasteiger partial charge in [0.1, 0.15) is 0 Å². The highest BCUT2D eigenvalue weighted by Gasteiger charge is 2.37. The van der Waals surface area contributed by atoms with Crippen LogP contribution in [0.15, 0.2) is 0 Å². The Bertz CT molecular complexity index is 224. The lowest BCUT2D eigenvalue weighted by atomic mass is 9.89. The maximum Gasteiger partial charge on any atom is 0.318 e. The molecule has 2 N–H and O–H groups in total. The van der Waals surface area contributed by atoms with E-state index in [2.05, 4.69) is 26.6 Å². The zero-order valence-corrected chi connectivity index (χ0v) is 9.46. The number of rotatable bonds is 3. The number of hydrogen-bond acceptors (Lipinski definition) is 2. The Morgan fingerprint density at radius 1 is 1.71 bits per heavy atom. The summed E-state index contributed by atoms with van der Waals surface area (Å²) in [4.78, 5) is 8.49. The van der Waals surface area contributed by atoms with E-state index in [0.29, 0.717) is 13.0 Å². The highest BCUT2D eigenvalue weighted by Crippen LogP contribution is 2.25. The normalized spacial score (nSPS) is 27.7. The lowest BCUT2D eigenvalue weighted by Crippen LogP contribution is -2.43.